The van der Waals surface area contributed by atoms with Crippen LogP contribution in [-0.4, -0.2) is 12.3 Å². The summed E-state index contributed by atoms with van der Waals surface area (Å²) >= 11 is 0. The third-order valence-corrected chi connectivity index (χ3v) is 2.47. The van der Waals surface area contributed by atoms with E-state index in [1.807, 2.05) is 0 Å². The zero-order valence-electron chi connectivity index (χ0n) is 9.56. The molecule has 0 aromatic rings. The quantitative estimate of drug-likeness (QED) is 0.549. The van der Waals surface area contributed by atoms with Gasteiger partial charge in [-0.1, -0.05) is 32.6 Å². The number of Topliss-reactive ketones (excluding diaryl/α,β-unsaturated/α-hetero) is 1. The first-order valence-electron chi connectivity index (χ1n) is 6.03. The molecule has 0 amide bonds. The van der Waals surface area contributed by atoms with Crippen molar-refractivity contribution in [3.05, 3.63) is 0 Å². The van der Waals surface area contributed by atoms with Gasteiger partial charge in [0.2, 0.25) is 0 Å². The van der Waals surface area contributed by atoms with Crippen LogP contribution in [0.4, 0.5) is 0 Å². The van der Waals surface area contributed by atoms with Gasteiger partial charge >= 0.3 is 0 Å². The second-order valence-electron chi connectivity index (χ2n) is 3.95. The summed E-state index contributed by atoms with van der Waals surface area (Å²) in [5.74, 6) is 0.443. The average molecular weight is 199 g/mol. The van der Waals surface area contributed by atoms with Crippen molar-refractivity contribution in [3.63, 3.8) is 0 Å². The molecule has 0 rings (SSSR count). The van der Waals surface area contributed by atoms with Gasteiger partial charge in [-0.3, -0.25) is 4.79 Å². The highest BCUT2D eigenvalue weighted by Crippen LogP contribution is 2.07. The Morgan fingerprint density at radius 1 is 0.929 bits per heavy atom. The molecule has 84 valence electrons. The monoisotopic (exact) mass is 199 g/mol. The fraction of sp³-hybridized carbons (Fsp3) is 0.917. The first kappa shape index (κ1) is 13.6. The Balaban J connectivity index is 3.11. The lowest BCUT2D eigenvalue weighted by Crippen LogP contribution is -2.00. The summed E-state index contributed by atoms with van der Waals surface area (Å²) < 4.78 is 0. The predicted molar refractivity (Wildman–Crippen MR) is 61.3 cm³/mol. The van der Waals surface area contributed by atoms with Crippen molar-refractivity contribution in [2.24, 2.45) is 5.73 Å². The van der Waals surface area contributed by atoms with Gasteiger partial charge in [0, 0.05) is 12.8 Å². The number of carbonyl (C=O) groups is 1. The summed E-state index contributed by atoms with van der Waals surface area (Å²) in [6, 6.07) is 0. The topological polar surface area (TPSA) is 43.1 Å². The summed E-state index contributed by atoms with van der Waals surface area (Å²) in [5, 5.41) is 0. The van der Waals surface area contributed by atoms with Crippen molar-refractivity contribution in [3.8, 4) is 0 Å². The maximum absolute atomic E-state index is 11.3. The molecule has 0 spiro atoms. The van der Waals surface area contributed by atoms with Crippen LogP contribution in [0.5, 0.6) is 0 Å². The number of unbranched alkanes of at least 4 members (excludes halogenated alkanes) is 5. The van der Waals surface area contributed by atoms with E-state index in [0.717, 1.165) is 45.1 Å². The molecule has 2 heteroatoms. The molecule has 2 nitrogen and oxygen atoms in total. The number of hydrogen-bond acceptors (Lipinski definition) is 2. The Morgan fingerprint density at radius 3 is 2.00 bits per heavy atom. The standard InChI is InChI=1S/C12H25NO/c1-2-3-4-6-9-12(14)10-7-5-8-11-13/h2-11,13H2,1H3. The molecule has 0 bridgehead atoms. The molecule has 0 saturated heterocycles. The molecule has 0 aromatic carbocycles. The number of carbonyl (C=O) groups excluding carboxylic acids is 1. The molecule has 0 radical (unpaired) electrons. The van der Waals surface area contributed by atoms with E-state index in [0.29, 0.717) is 5.78 Å². The lowest BCUT2D eigenvalue weighted by atomic mass is 10.1. The van der Waals surface area contributed by atoms with Crippen LogP contribution in [-0.2, 0) is 4.79 Å². The summed E-state index contributed by atoms with van der Waals surface area (Å²) in [5.41, 5.74) is 5.37. The summed E-state index contributed by atoms with van der Waals surface area (Å²) in [7, 11) is 0. The zero-order valence-corrected chi connectivity index (χ0v) is 9.56. The van der Waals surface area contributed by atoms with Crippen LogP contribution in [0.2, 0.25) is 0 Å². The molecule has 0 aliphatic heterocycles. The maximum Gasteiger partial charge on any atom is 0.132 e. The fourth-order valence-electron chi connectivity index (χ4n) is 1.52. The van der Waals surface area contributed by atoms with Crippen molar-refractivity contribution in [2.75, 3.05) is 6.54 Å². The van der Waals surface area contributed by atoms with E-state index in [2.05, 4.69) is 6.92 Å². The second-order valence-corrected chi connectivity index (χ2v) is 3.95. The smallest absolute Gasteiger partial charge is 0.132 e. The van der Waals surface area contributed by atoms with Gasteiger partial charge in [-0.05, 0) is 25.8 Å². The zero-order chi connectivity index (χ0) is 10.6. The van der Waals surface area contributed by atoms with Gasteiger partial charge in [0.1, 0.15) is 5.78 Å². The molecule has 14 heavy (non-hydrogen) atoms. The van der Waals surface area contributed by atoms with Gasteiger partial charge < -0.3 is 5.73 Å². The highest BCUT2D eigenvalue weighted by molar-refractivity contribution is 5.78. The molecule has 0 aromatic heterocycles. The first-order chi connectivity index (χ1) is 6.81. The fourth-order valence-corrected chi connectivity index (χ4v) is 1.52. The highest BCUT2D eigenvalue weighted by atomic mass is 16.1. The Hall–Kier alpha value is -0.370. The van der Waals surface area contributed by atoms with Crippen LogP contribution in [0.25, 0.3) is 0 Å². The van der Waals surface area contributed by atoms with E-state index in [-0.39, 0.29) is 0 Å². The molecular formula is C12H25NO. The largest absolute Gasteiger partial charge is 0.330 e. The molecule has 0 fully saturated rings. The van der Waals surface area contributed by atoms with Gasteiger partial charge in [-0.25, -0.2) is 0 Å². The predicted octanol–water partition coefficient (Wildman–Crippen LogP) is 3.05. The first-order valence-corrected chi connectivity index (χ1v) is 6.03. The van der Waals surface area contributed by atoms with E-state index < -0.39 is 0 Å². The Labute approximate surface area is 88.3 Å². The number of rotatable bonds is 10. The van der Waals surface area contributed by atoms with Crippen LogP contribution >= 0.6 is 0 Å². The molecular weight excluding hydrogens is 174 g/mol. The van der Waals surface area contributed by atoms with Crippen molar-refractivity contribution in [1.29, 1.82) is 0 Å². The Bertz CT molecular complexity index is 120. The third kappa shape index (κ3) is 9.72. The van der Waals surface area contributed by atoms with E-state index in [1.54, 1.807) is 0 Å². The van der Waals surface area contributed by atoms with Crippen LogP contribution in [0, 0.1) is 0 Å². The number of nitrogens with two attached hydrogens (primary N) is 1. The van der Waals surface area contributed by atoms with E-state index in [4.69, 9.17) is 5.73 Å². The van der Waals surface area contributed by atoms with Crippen LogP contribution in [0.3, 0.4) is 0 Å². The number of ketones is 1. The van der Waals surface area contributed by atoms with Crippen molar-refractivity contribution < 1.29 is 4.79 Å². The lowest BCUT2D eigenvalue weighted by Gasteiger charge is -2.00. The van der Waals surface area contributed by atoms with Gasteiger partial charge in [0.25, 0.3) is 0 Å². The van der Waals surface area contributed by atoms with Gasteiger partial charge in [-0.15, -0.1) is 0 Å². The molecule has 0 aliphatic rings. The SMILES string of the molecule is CCCCCCC(=O)CCCCCN. The summed E-state index contributed by atoms with van der Waals surface area (Å²) in [4.78, 5) is 11.3. The van der Waals surface area contributed by atoms with E-state index >= 15 is 0 Å². The molecule has 2 N–H and O–H groups in total. The lowest BCUT2D eigenvalue weighted by molar-refractivity contribution is -0.119. The summed E-state index contributed by atoms with van der Waals surface area (Å²) in [6.45, 7) is 2.94. The van der Waals surface area contributed by atoms with Gasteiger partial charge in [-0.2, -0.15) is 0 Å². The third-order valence-electron chi connectivity index (χ3n) is 2.47. The van der Waals surface area contributed by atoms with Crippen molar-refractivity contribution in [2.45, 2.75) is 64.7 Å². The minimum Gasteiger partial charge on any atom is -0.330 e. The molecule has 0 atom stereocenters. The van der Waals surface area contributed by atoms with E-state index in [1.165, 1.54) is 19.3 Å². The number of hydrogen-bond donors (Lipinski definition) is 1. The average Bonchev–Trinajstić information content (AvgIpc) is 2.19. The van der Waals surface area contributed by atoms with Crippen LogP contribution in [0.1, 0.15) is 64.7 Å². The van der Waals surface area contributed by atoms with Crippen molar-refractivity contribution in [1.82, 2.24) is 0 Å². The van der Waals surface area contributed by atoms with Crippen LogP contribution in [0.15, 0.2) is 0 Å². The molecule has 0 saturated carbocycles. The van der Waals surface area contributed by atoms with Gasteiger partial charge in [0.15, 0.2) is 0 Å². The Morgan fingerprint density at radius 2 is 1.50 bits per heavy atom. The molecule has 0 aliphatic carbocycles. The van der Waals surface area contributed by atoms with Gasteiger partial charge in [0.05, 0.1) is 0 Å². The molecule has 0 unspecified atom stereocenters. The summed E-state index contributed by atoms with van der Waals surface area (Å²) in [6.07, 6.45) is 9.57. The van der Waals surface area contributed by atoms with E-state index in [9.17, 15) is 4.79 Å². The highest BCUT2D eigenvalue weighted by Gasteiger charge is 2.00. The van der Waals surface area contributed by atoms with Crippen molar-refractivity contribution >= 4 is 5.78 Å². The molecule has 0 heterocycles. The van der Waals surface area contributed by atoms with Crippen LogP contribution < -0.4 is 5.73 Å². The minimum absolute atomic E-state index is 0.443. The second kappa shape index (κ2) is 10.7. The maximum atomic E-state index is 11.3. The Kier molecular flexibility index (Phi) is 10.4. The minimum atomic E-state index is 0.443. The normalized spacial score (nSPS) is 10.4.